The van der Waals surface area contributed by atoms with Gasteiger partial charge in [0.15, 0.2) is 11.0 Å². The molecule has 0 saturated heterocycles. The Morgan fingerprint density at radius 2 is 2.33 bits per heavy atom. The van der Waals surface area contributed by atoms with Crippen LogP contribution in [0, 0.1) is 13.8 Å². The minimum Gasteiger partial charge on any atom is -0.360 e. The summed E-state index contributed by atoms with van der Waals surface area (Å²) in [5.74, 6) is 1.48. The minimum absolute atomic E-state index is 0.113. The first-order chi connectivity index (χ1) is 10.0. The molecule has 1 atom stereocenters. The van der Waals surface area contributed by atoms with E-state index < -0.39 is 0 Å². The molecule has 0 fully saturated rings. The molecule has 0 saturated carbocycles. The van der Waals surface area contributed by atoms with Gasteiger partial charge in [0.05, 0.1) is 6.04 Å². The molecule has 7 nitrogen and oxygen atoms in total. The van der Waals surface area contributed by atoms with Crippen LogP contribution >= 0.6 is 11.8 Å². The summed E-state index contributed by atoms with van der Waals surface area (Å²) in [5, 5.41) is 7.05. The highest BCUT2D eigenvalue weighted by molar-refractivity contribution is 7.99. The van der Waals surface area contributed by atoms with Crippen LogP contribution in [-0.2, 0) is 4.79 Å². The Morgan fingerprint density at radius 1 is 1.52 bits per heavy atom. The number of carbonyl (C=O) groups is 1. The quantitative estimate of drug-likeness (QED) is 0.865. The van der Waals surface area contributed by atoms with Crippen molar-refractivity contribution in [3.05, 3.63) is 33.9 Å². The molecule has 0 spiro atoms. The van der Waals surface area contributed by atoms with Gasteiger partial charge in [-0.3, -0.25) is 14.2 Å². The Balaban J connectivity index is 1.73. The van der Waals surface area contributed by atoms with Crippen molar-refractivity contribution < 1.29 is 9.32 Å². The van der Waals surface area contributed by atoms with Gasteiger partial charge in [0.2, 0.25) is 5.91 Å². The SMILES string of the molecule is Cc1cc(=O)n2c(n1)SCC2CC(=O)Nc1cc(C)on1. The summed E-state index contributed by atoms with van der Waals surface area (Å²) < 4.78 is 6.48. The topological polar surface area (TPSA) is 90.0 Å². The number of nitrogens with one attached hydrogen (secondary N) is 1. The van der Waals surface area contributed by atoms with Crippen LogP contribution in [0.4, 0.5) is 5.82 Å². The van der Waals surface area contributed by atoms with Gasteiger partial charge in [-0.05, 0) is 13.8 Å². The largest absolute Gasteiger partial charge is 0.360 e. The fraction of sp³-hybridized carbons (Fsp3) is 0.385. The van der Waals surface area contributed by atoms with Gasteiger partial charge in [0, 0.05) is 30.0 Å². The second-order valence-corrected chi connectivity index (χ2v) is 5.92. The highest BCUT2D eigenvalue weighted by atomic mass is 32.2. The van der Waals surface area contributed by atoms with Crippen LogP contribution in [-0.4, -0.2) is 26.4 Å². The maximum Gasteiger partial charge on any atom is 0.254 e. The first-order valence-corrected chi connectivity index (χ1v) is 7.47. The summed E-state index contributed by atoms with van der Waals surface area (Å²) >= 11 is 1.49. The molecular formula is C13H14N4O3S. The van der Waals surface area contributed by atoms with Crippen molar-refractivity contribution in [2.24, 2.45) is 0 Å². The smallest absolute Gasteiger partial charge is 0.254 e. The average molecular weight is 306 g/mol. The van der Waals surface area contributed by atoms with Crippen LogP contribution in [0.2, 0.25) is 0 Å². The second-order valence-electron chi connectivity index (χ2n) is 4.93. The lowest BCUT2D eigenvalue weighted by molar-refractivity contribution is -0.116. The molecule has 8 heteroatoms. The van der Waals surface area contributed by atoms with Crippen molar-refractivity contribution in [3.8, 4) is 0 Å². The summed E-state index contributed by atoms with van der Waals surface area (Å²) in [6.45, 7) is 3.54. The van der Waals surface area contributed by atoms with E-state index in [0.717, 1.165) is 0 Å². The normalized spacial score (nSPS) is 16.8. The van der Waals surface area contributed by atoms with E-state index in [1.165, 1.54) is 17.8 Å². The van der Waals surface area contributed by atoms with Crippen LogP contribution in [0.3, 0.4) is 0 Å². The number of hydrogen-bond acceptors (Lipinski definition) is 6. The second kappa shape index (κ2) is 5.36. The van der Waals surface area contributed by atoms with E-state index in [2.05, 4.69) is 15.5 Å². The molecule has 0 bridgehead atoms. The Hall–Kier alpha value is -2.09. The third-order valence-electron chi connectivity index (χ3n) is 3.13. The van der Waals surface area contributed by atoms with E-state index in [-0.39, 0.29) is 23.9 Å². The van der Waals surface area contributed by atoms with Gasteiger partial charge in [0.25, 0.3) is 5.56 Å². The number of amides is 1. The molecule has 3 heterocycles. The zero-order valence-corrected chi connectivity index (χ0v) is 12.4. The summed E-state index contributed by atoms with van der Waals surface area (Å²) in [6, 6.07) is 2.95. The summed E-state index contributed by atoms with van der Waals surface area (Å²) in [7, 11) is 0. The lowest BCUT2D eigenvalue weighted by atomic mass is 10.2. The third kappa shape index (κ3) is 2.85. The highest BCUT2D eigenvalue weighted by Gasteiger charge is 2.27. The van der Waals surface area contributed by atoms with Gasteiger partial charge >= 0.3 is 0 Å². The number of aryl methyl sites for hydroxylation is 2. The maximum atomic E-state index is 12.0. The van der Waals surface area contributed by atoms with Gasteiger partial charge in [-0.1, -0.05) is 16.9 Å². The molecule has 21 heavy (non-hydrogen) atoms. The lowest BCUT2D eigenvalue weighted by Gasteiger charge is -2.12. The van der Waals surface area contributed by atoms with E-state index in [0.29, 0.717) is 28.2 Å². The van der Waals surface area contributed by atoms with E-state index in [1.54, 1.807) is 24.5 Å². The summed E-state index contributed by atoms with van der Waals surface area (Å²) in [4.78, 5) is 28.4. The molecule has 1 aliphatic heterocycles. The molecular weight excluding hydrogens is 292 g/mol. The van der Waals surface area contributed by atoms with Crippen molar-refractivity contribution >= 4 is 23.5 Å². The molecule has 1 amide bonds. The van der Waals surface area contributed by atoms with E-state index in [9.17, 15) is 9.59 Å². The first-order valence-electron chi connectivity index (χ1n) is 6.49. The number of hydrogen-bond donors (Lipinski definition) is 1. The lowest BCUT2D eigenvalue weighted by Crippen LogP contribution is -2.27. The summed E-state index contributed by atoms with van der Waals surface area (Å²) in [5.41, 5.74) is 0.583. The molecule has 2 aromatic rings. The molecule has 1 unspecified atom stereocenters. The van der Waals surface area contributed by atoms with Crippen LogP contribution in [0.1, 0.15) is 23.9 Å². The molecule has 0 aliphatic carbocycles. The fourth-order valence-electron chi connectivity index (χ4n) is 2.25. The number of fused-ring (bicyclic) bond motifs is 1. The minimum atomic E-state index is -0.200. The maximum absolute atomic E-state index is 12.0. The van der Waals surface area contributed by atoms with Gasteiger partial charge in [-0.15, -0.1) is 0 Å². The number of carbonyl (C=O) groups excluding carboxylic acids is 1. The summed E-state index contributed by atoms with van der Waals surface area (Å²) in [6.07, 6.45) is 0.205. The number of rotatable bonds is 3. The van der Waals surface area contributed by atoms with Crippen LogP contribution in [0.15, 0.2) is 26.6 Å². The molecule has 2 aromatic heterocycles. The molecule has 3 rings (SSSR count). The Labute approximate surface area is 124 Å². The van der Waals surface area contributed by atoms with E-state index in [4.69, 9.17) is 4.52 Å². The van der Waals surface area contributed by atoms with Crippen LogP contribution in [0.5, 0.6) is 0 Å². The fourth-order valence-corrected chi connectivity index (χ4v) is 3.44. The van der Waals surface area contributed by atoms with Crippen LogP contribution in [0.25, 0.3) is 0 Å². The standard InChI is InChI=1S/C13H14N4O3S/c1-7-3-12(19)17-9(6-21-13(17)14-7)5-11(18)15-10-4-8(2)20-16-10/h3-4,9H,5-6H2,1-2H3,(H,15,16,18). The van der Waals surface area contributed by atoms with Crippen molar-refractivity contribution in [2.75, 3.05) is 11.1 Å². The number of aromatic nitrogens is 3. The predicted octanol–water partition coefficient (Wildman–Crippen LogP) is 1.52. The molecule has 0 aromatic carbocycles. The van der Waals surface area contributed by atoms with Crippen molar-refractivity contribution in [1.82, 2.24) is 14.7 Å². The molecule has 0 radical (unpaired) electrons. The highest BCUT2D eigenvalue weighted by Crippen LogP contribution is 2.32. The Bertz CT molecular complexity index is 752. The number of anilines is 1. The Morgan fingerprint density at radius 3 is 3.05 bits per heavy atom. The zero-order chi connectivity index (χ0) is 15.0. The third-order valence-corrected chi connectivity index (χ3v) is 4.23. The zero-order valence-electron chi connectivity index (χ0n) is 11.6. The number of nitrogens with zero attached hydrogens (tertiary/aromatic N) is 3. The first kappa shape index (κ1) is 13.9. The Kier molecular flexibility index (Phi) is 3.54. The number of thioether (sulfide) groups is 1. The van der Waals surface area contributed by atoms with Crippen molar-refractivity contribution in [2.45, 2.75) is 31.5 Å². The van der Waals surface area contributed by atoms with E-state index in [1.807, 2.05) is 0 Å². The van der Waals surface area contributed by atoms with Gasteiger partial charge in [-0.25, -0.2) is 4.98 Å². The molecule has 110 valence electrons. The average Bonchev–Trinajstić information content (AvgIpc) is 2.96. The van der Waals surface area contributed by atoms with Crippen molar-refractivity contribution in [3.63, 3.8) is 0 Å². The predicted molar refractivity (Wildman–Crippen MR) is 77.5 cm³/mol. The monoisotopic (exact) mass is 306 g/mol. The van der Waals surface area contributed by atoms with Crippen molar-refractivity contribution in [1.29, 1.82) is 0 Å². The van der Waals surface area contributed by atoms with E-state index >= 15 is 0 Å². The van der Waals surface area contributed by atoms with Gasteiger partial charge in [-0.2, -0.15) is 0 Å². The van der Waals surface area contributed by atoms with Gasteiger partial charge < -0.3 is 9.84 Å². The molecule has 1 N–H and O–H groups in total. The molecule has 1 aliphatic rings. The van der Waals surface area contributed by atoms with Gasteiger partial charge in [0.1, 0.15) is 5.76 Å². The van der Waals surface area contributed by atoms with Crippen LogP contribution < -0.4 is 10.9 Å².